The van der Waals surface area contributed by atoms with Gasteiger partial charge in [-0.3, -0.25) is 14.9 Å². The van der Waals surface area contributed by atoms with Crippen LogP contribution in [0.25, 0.3) is 16.9 Å². The maximum Gasteiger partial charge on any atom is 0.294 e. The van der Waals surface area contributed by atoms with Crippen LogP contribution in [0.5, 0.6) is 0 Å². The Hall–Kier alpha value is -3.13. The molecule has 0 unspecified atom stereocenters. The van der Waals surface area contributed by atoms with Crippen molar-refractivity contribution in [2.24, 2.45) is 5.73 Å². The predicted molar refractivity (Wildman–Crippen MR) is 96.0 cm³/mol. The minimum absolute atomic E-state index is 0.0436. The largest absolute Gasteiger partial charge is 0.364 e. The summed E-state index contributed by atoms with van der Waals surface area (Å²) in [6, 6.07) is 15.4. The molecule has 0 aliphatic heterocycles. The van der Waals surface area contributed by atoms with Gasteiger partial charge in [0.15, 0.2) is 5.69 Å². The van der Waals surface area contributed by atoms with E-state index in [4.69, 9.17) is 5.73 Å². The monoisotopic (exact) mass is 354 g/mol. The number of amides is 1. The molecule has 0 radical (unpaired) electrons. The number of hydrogen-bond acceptors (Lipinski definition) is 5. The first kappa shape index (κ1) is 16.7. The third-order valence-corrected chi connectivity index (χ3v) is 4.40. The molecule has 1 amide bonds. The van der Waals surface area contributed by atoms with E-state index in [1.165, 1.54) is 16.8 Å². The van der Waals surface area contributed by atoms with E-state index < -0.39 is 10.8 Å². The van der Waals surface area contributed by atoms with Crippen LogP contribution in [0.4, 0.5) is 5.69 Å². The second-order valence-electron chi connectivity index (χ2n) is 5.17. The number of nitro groups is 1. The fourth-order valence-corrected chi connectivity index (χ4v) is 2.86. The molecule has 0 bridgehead atoms. The minimum Gasteiger partial charge on any atom is -0.364 e. The zero-order chi connectivity index (χ0) is 18.0. The summed E-state index contributed by atoms with van der Waals surface area (Å²) >= 11 is 1.60. The number of aromatic nitrogens is 2. The van der Waals surface area contributed by atoms with Crippen LogP contribution in [0.2, 0.25) is 0 Å². The SMILES string of the molecule is CSc1ccc(-c2cc(C(N)=O)nn2-c2ccccc2[N+](=O)[O-])cc1. The summed E-state index contributed by atoms with van der Waals surface area (Å²) < 4.78 is 1.38. The summed E-state index contributed by atoms with van der Waals surface area (Å²) in [5.41, 5.74) is 6.87. The van der Waals surface area contributed by atoms with E-state index in [9.17, 15) is 14.9 Å². The highest BCUT2D eigenvalue weighted by molar-refractivity contribution is 7.98. The van der Waals surface area contributed by atoms with E-state index in [1.54, 1.807) is 30.0 Å². The highest BCUT2D eigenvalue weighted by atomic mass is 32.2. The number of nitrogens with zero attached hydrogens (tertiary/aromatic N) is 3. The standard InChI is InChI=1S/C17H14N4O3S/c1-25-12-8-6-11(7-9-12)16-10-13(17(18)22)19-20(16)14-4-2-3-5-15(14)21(23)24/h2-10H,1H3,(H2,18,22). The van der Waals surface area contributed by atoms with Crippen LogP contribution in [0, 0.1) is 10.1 Å². The average molecular weight is 354 g/mol. The lowest BCUT2D eigenvalue weighted by molar-refractivity contribution is -0.384. The van der Waals surface area contributed by atoms with Gasteiger partial charge in [0, 0.05) is 16.5 Å². The van der Waals surface area contributed by atoms with Crippen LogP contribution in [-0.4, -0.2) is 26.9 Å². The molecule has 2 aromatic carbocycles. The Morgan fingerprint density at radius 1 is 1.20 bits per heavy atom. The van der Waals surface area contributed by atoms with E-state index >= 15 is 0 Å². The molecular weight excluding hydrogens is 340 g/mol. The molecule has 126 valence electrons. The Bertz CT molecular complexity index is 951. The maximum atomic E-state index is 11.6. The van der Waals surface area contributed by atoms with Crippen molar-refractivity contribution in [2.45, 2.75) is 4.90 Å². The van der Waals surface area contributed by atoms with Gasteiger partial charge in [-0.15, -0.1) is 11.8 Å². The molecule has 0 aliphatic carbocycles. The highest BCUT2D eigenvalue weighted by Crippen LogP contribution is 2.30. The summed E-state index contributed by atoms with van der Waals surface area (Å²) in [7, 11) is 0. The van der Waals surface area contributed by atoms with Crippen LogP contribution in [0.15, 0.2) is 59.5 Å². The Morgan fingerprint density at radius 3 is 2.48 bits per heavy atom. The molecule has 3 rings (SSSR count). The smallest absolute Gasteiger partial charge is 0.294 e. The van der Waals surface area contributed by atoms with Gasteiger partial charge in [-0.05, 0) is 30.5 Å². The third kappa shape index (κ3) is 3.24. The maximum absolute atomic E-state index is 11.6. The van der Waals surface area contributed by atoms with Crippen LogP contribution in [0.3, 0.4) is 0 Å². The van der Waals surface area contributed by atoms with Crippen LogP contribution in [-0.2, 0) is 0 Å². The summed E-state index contributed by atoms with van der Waals surface area (Å²) in [5, 5.41) is 15.5. The van der Waals surface area contributed by atoms with Gasteiger partial charge in [0.2, 0.25) is 0 Å². The number of hydrogen-bond donors (Lipinski definition) is 1. The quantitative estimate of drug-likeness (QED) is 0.430. The minimum atomic E-state index is -0.695. The van der Waals surface area contributed by atoms with Crippen molar-refractivity contribution < 1.29 is 9.72 Å². The van der Waals surface area contributed by atoms with Crippen LogP contribution < -0.4 is 5.73 Å². The summed E-state index contributed by atoms with van der Waals surface area (Å²) in [6.45, 7) is 0. The predicted octanol–water partition coefficient (Wildman–Crippen LogP) is 3.27. The first-order valence-corrected chi connectivity index (χ1v) is 8.52. The van der Waals surface area contributed by atoms with Crippen molar-refractivity contribution in [2.75, 3.05) is 6.26 Å². The molecule has 2 N–H and O–H groups in total. The van der Waals surface area contributed by atoms with E-state index in [-0.39, 0.29) is 17.1 Å². The molecule has 0 spiro atoms. The number of nitrogens with two attached hydrogens (primary N) is 1. The molecule has 0 fully saturated rings. The Balaban J connectivity index is 2.22. The highest BCUT2D eigenvalue weighted by Gasteiger charge is 2.21. The van der Waals surface area contributed by atoms with E-state index in [0.717, 1.165) is 10.5 Å². The summed E-state index contributed by atoms with van der Waals surface area (Å²) in [5.74, 6) is -0.695. The van der Waals surface area contributed by atoms with Gasteiger partial charge in [-0.25, -0.2) is 4.68 Å². The lowest BCUT2D eigenvalue weighted by Crippen LogP contribution is -2.12. The number of primary amides is 1. The van der Waals surface area contributed by atoms with Crippen molar-refractivity contribution in [3.63, 3.8) is 0 Å². The number of thioether (sulfide) groups is 1. The number of carbonyl (C=O) groups excluding carboxylic acids is 1. The van der Waals surface area contributed by atoms with Crippen molar-refractivity contribution in [1.29, 1.82) is 0 Å². The molecule has 0 saturated carbocycles. The molecule has 0 saturated heterocycles. The van der Waals surface area contributed by atoms with E-state index in [2.05, 4.69) is 5.10 Å². The average Bonchev–Trinajstić information content (AvgIpc) is 3.07. The molecule has 8 heteroatoms. The molecular formula is C17H14N4O3S. The van der Waals surface area contributed by atoms with Crippen molar-refractivity contribution >= 4 is 23.4 Å². The van der Waals surface area contributed by atoms with Gasteiger partial charge in [0.05, 0.1) is 10.6 Å². The molecule has 3 aromatic rings. The Morgan fingerprint density at radius 2 is 1.88 bits per heavy atom. The molecule has 7 nitrogen and oxygen atoms in total. The van der Waals surface area contributed by atoms with Gasteiger partial charge in [0.1, 0.15) is 5.69 Å². The van der Waals surface area contributed by atoms with Crippen molar-refractivity contribution in [3.05, 3.63) is 70.4 Å². The fraction of sp³-hybridized carbons (Fsp3) is 0.0588. The lowest BCUT2D eigenvalue weighted by Gasteiger charge is -2.08. The van der Waals surface area contributed by atoms with E-state index in [0.29, 0.717) is 5.69 Å². The van der Waals surface area contributed by atoms with Gasteiger partial charge in [-0.2, -0.15) is 5.10 Å². The second-order valence-corrected chi connectivity index (χ2v) is 6.04. The molecule has 25 heavy (non-hydrogen) atoms. The van der Waals surface area contributed by atoms with Crippen LogP contribution in [0.1, 0.15) is 10.5 Å². The lowest BCUT2D eigenvalue weighted by atomic mass is 10.1. The summed E-state index contributed by atoms with van der Waals surface area (Å²) in [6.07, 6.45) is 1.97. The molecule has 1 heterocycles. The number of benzene rings is 2. The number of rotatable bonds is 5. The molecule has 0 aliphatic rings. The van der Waals surface area contributed by atoms with Gasteiger partial charge < -0.3 is 5.73 Å². The van der Waals surface area contributed by atoms with Crippen LogP contribution >= 0.6 is 11.8 Å². The van der Waals surface area contributed by atoms with E-state index in [1.807, 2.05) is 30.5 Å². The first-order chi connectivity index (χ1) is 12.0. The molecule has 1 aromatic heterocycles. The third-order valence-electron chi connectivity index (χ3n) is 3.65. The number of nitro benzene ring substituents is 1. The zero-order valence-corrected chi connectivity index (χ0v) is 14.1. The first-order valence-electron chi connectivity index (χ1n) is 7.29. The molecule has 0 atom stereocenters. The number of carbonyl (C=O) groups is 1. The normalized spacial score (nSPS) is 10.6. The zero-order valence-electron chi connectivity index (χ0n) is 13.2. The number of para-hydroxylation sites is 2. The van der Waals surface area contributed by atoms with Crippen molar-refractivity contribution in [1.82, 2.24) is 9.78 Å². The Labute approximate surface area is 147 Å². The Kier molecular flexibility index (Phi) is 4.53. The van der Waals surface area contributed by atoms with Gasteiger partial charge in [-0.1, -0.05) is 24.3 Å². The summed E-state index contributed by atoms with van der Waals surface area (Å²) in [4.78, 5) is 23.5. The topological polar surface area (TPSA) is 104 Å². The fourth-order valence-electron chi connectivity index (χ4n) is 2.45. The van der Waals surface area contributed by atoms with Gasteiger partial charge in [0.25, 0.3) is 11.6 Å². The van der Waals surface area contributed by atoms with Crippen molar-refractivity contribution in [3.8, 4) is 16.9 Å². The second kappa shape index (κ2) is 6.78. The van der Waals surface area contributed by atoms with Gasteiger partial charge >= 0.3 is 0 Å².